The Kier molecular flexibility index (Phi) is 6.33. The monoisotopic (exact) mass is 458 g/mol. The number of methoxy groups -OCH3 is 1. The summed E-state index contributed by atoms with van der Waals surface area (Å²) in [5.41, 5.74) is 3.08. The summed E-state index contributed by atoms with van der Waals surface area (Å²) in [7, 11) is 1.63. The summed E-state index contributed by atoms with van der Waals surface area (Å²) in [6.07, 6.45) is 4.89. The molecule has 2 aromatic carbocycles. The van der Waals surface area contributed by atoms with Gasteiger partial charge in [0.2, 0.25) is 5.95 Å². The molecule has 174 valence electrons. The van der Waals surface area contributed by atoms with Crippen molar-refractivity contribution in [2.45, 2.75) is 38.3 Å². The summed E-state index contributed by atoms with van der Waals surface area (Å²) in [5, 5.41) is 11.8. The third-order valence-electron chi connectivity index (χ3n) is 6.08. The molecule has 1 fully saturated rings. The average Bonchev–Trinajstić information content (AvgIpc) is 3.50. The van der Waals surface area contributed by atoms with Gasteiger partial charge in [0, 0.05) is 12.5 Å². The van der Waals surface area contributed by atoms with Gasteiger partial charge in [0.05, 0.1) is 19.0 Å². The van der Waals surface area contributed by atoms with Gasteiger partial charge in [0.25, 0.3) is 0 Å². The molecule has 0 bridgehead atoms. The van der Waals surface area contributed by atoms with Crippen LogP contribution < -0.4 is 10.1 Å². The largest absolute Gasteiger partial charge is 0.497 e. The van der Waals surface area contributed by atoms with E-state index in [0.29, 0.717) is 30.1 Å². The van der Waals surface area contributed by atoms with Crippen LogP contribution in [-0.4, -0.2) is 44.1 Å². The minimum atomic E-state index is -0.151. The van der Waals surface area contributed by atoms with E-state index < -0.39 is 0 Å². The van der Waals surface area contributed by atoms with Crippen LogP contribution in [0.5, 0.6) is 5.75 Å². The lowest BCUT2D eigenvalue weighted by atomic mass is 10.0. The Bertz CT molecular complexity index is 1260. The summed E-state index contributed by atoms with van der Waals surface area (Å²) in [5.74, 6) is 1.43. The zero-order chi connectivity index (χ0) is 23.3. The van der Waals surface area contributed by atoms with Crippen LogP contribution in [0.15, 0.2) is 60.8 Å². The first kappa shape index (κ1) is 21.8. The molecule has 2 aromatic heterocycles. The highest BCUT2D eigenvalue weighted by Crippen LogP contribution is 2.30. The molecular formula is C25H26N6O3. The molecule has 1 saturated carbocycles. The number of nitrogens with one attached hydrogen (secondary N) is 1. The molecule has 34 heavy (non-hydrogen) atoms. The topological polar surface area (TPSA) is 104 Å². The minimum absolute atomic E-state index is 0.151. The zero-order valence-electron chi connectivity index (χ0n) is 18.9. The Morgan fingerprint density at radius 3 is 2.74 bits per heavy atom. The van der Waals surface area contributed by atoms with E-state index in [1.54, 1.807) is 18.0 Å². The number of rotatable bonds is 8. The van der Waals surface area contributed by atoms with Crippen LogP contribution in [0.25, 0.3) is 16.9 Å². The van der Waals surface area contributed by atoms with E-state index in [2.05, 4.69) is 25.6 Å². The standard InChI is InChI=1S/C25H26N6O3/c1-33-21-11-9-20(10-12-21)31-24-22(29-30-31)15-26-25(28-24)27-19-8-7-18(13-19)14-23(32)34-16-17-5-3-2-4-6-17/h2-6,9-12,15,18-19H,7-8,13-14,16H2,1H3,(H,26,27,28)/t18-,19+/m1/s1. The molecule has 0 radical (unpaired) electrons. The number of hydrogen-bond acceptors (Lipinski definition) is 8. The van der Waals surface area contributed by atoms with Crippen molar-refractivity contribution in [1.29, 1.82) is 0 Å². The first-order valence-electron chi connectivity index (χ1n) is 11.4. The summed E-state index contributed by atoms with van der Waals surface area (Å²) in [6.45, 7) is 0.317. The Balaban J connectivity index is 1.19. The van der Waals surface area contributed by atoms with E-state index in [-0.39, 0.29) is 17.9 Å². The van der Waals surface area contributed by atoms with Crippen LogP contribution in [0.2, 0.25) is 0 Å². The number of benzene rings is 2. The molecule has 4 aromatic rings. The molecule has 2 atom stereocenters. The number of anilines is 1. The van der Waals surface area contributed by atoms with Gasteiger partial charge < -0.3 is 14.8 Å². The van der Waals surface area contributed by atoms with Crippen LogP contribution in [0.1, 0.15) is 31.2 Å². The number of carbonyl (C=O) groups excluding carboxylic acids is 1. The van der Waals surface area contributed by atoms with Gasteiger partial charge in [-0.25, -0.2) is 4.98 Å². The van der Waals surface area contributed by atoms with E-state index in [9.17, 15) is 4.79 Å². The van der Waals surface area contributed by atoms with Gasteiger partial charge in [0.15, 0.2) is 11.2 Å². The van der Waals surface area contributed by atoms with Crippen LogP contribution in [0.4, 0.5) is 5.95 Å². The van der Waals surface area contributed by atoms with E-state index in [1.807, 2.05) is 54.6 Å². The Morgan fingerprint density at radius 2 is 1.94 bits per heavy atom. The second-order valence-corrected chi connectivity index (χ2v) is 8.47. The van der Waals surface area contributed by atoms with E-state index in [1.165, 1.54) is 0 Å². The van der Waals surface area contributed by atoms with Crippen molar-refractivity contribution in [3.63, 3.8) is 0 Å². The molecule has 0 saturated heterocycles. The summed E-state index contributed by atoms with van der Waals surface area (Å²) in [4.78, 5) is 21.3. The number of nitrogens with zero attached hydrogens (tertiary/aromatic N) is 5. The number of aromatic nitrogens is 5. The molecule has 5 rings (SSSR count). The number of ether oxygens (including phenoxy) is 2. The Morgan fingerprint density at radius 1 is 1.12 bits per heavy atom. The number of carbonyl (C=O) groups is 1. The number of fused-ring (bicyclic) bond motifs is 1. The smallest absolute Gasteiger partial charge is 0.306 e. The lowest BCUT2D eigenvalue weighted by Crippen LogP contribution is -2.18. The average molecular weight is 459 g/mol. The van der Waals surface area contributed by atoms with Crippen molar-refractivity contribution in [3.8, 4) is 11.4 Å². The van der Waals surface area contributed by atoms with E-state index in [4.69, 9.17) is 9.47 Å². The van der Waals surface area contributed by atoms with Crippen molar-refractivity contribution in [2.75, 3.05) is 12.4 Å². The summed E-state index contributed by atoms with van der Waals surface area (Å²) >= 11 is 0. The lowest BCUT2D eigenvalue weighted by Gasteiger charge is -2.13. The predicted octanol–water partition coefficient (Wildman–Crippen LogP) is 3.93. The molecule has 1 aliphatic carbocycles. The third-order valence-corrected chi connectivity index (χ3v) is 6.08. The minimum Gasteiger partial charge on any atom is -0.497 e. The highest BCUT2D eigenvalue weighted by atomic mass is 16.5. The maximum Gasteiger partial charge on any atom is 0.306 e. The molecule has 9 heteroatoms. The van der Waals surface area contributed by atoms with Gasteiger partial charge in [-0.15, -0.1) is 5.10 Å². The van der Waals surface area contributed by atoms with Gasteiger partial charge in [-0.1, -0.05) is 35.5 Å². The predicted molar refractivity (Wildman–Crippen MR) is 127 cm³/mol. The first-order valence-corrected chi connectivity index (χ1v) is 11.4. The second-order valence-electron chi connectivity index (χ2n) is 8.47. The number of esters is 1. The summed E-state index contributed by atoms with van der Waals surface area (Å²) < 4.78 is 12.4. The van der Waals surface area contributed by atoms with Gasteiger partial charge in [0.1, 0.15) is 12.4 Å². The number of hydrogen-bond donors (Lipinski definition) is 1. The highest BCUT2D eigenvalue weighted by Gasteiger charge is 2.27. The maximum absolute atomic E-state index is 12.3. The summed E-state index contributed by atoms with van der Waals surface area (Å²) in [6, 6.07) is 17.5. The fourth-order valence-electron chi connectivity index (χ4n) is 4.30. The SMILES string of the molecule is COc1ccc(-n2nnc3cnc(N[C@H]4CC[C@@H](CC(=O)OCc5ccccc5)C4)nc32)cc1. The van der Waals surface area contributed by atoms with Crippen molar-refractivity contribution in [3.05, 3.63) is 66.4 Å². The Hall–Kier alpha value is -4.01. The lowest BCUT2D eigenvalue weighted by molar-refractivity contribution is -0.146. The molecule has 0 aliphatic heterocycles. The molecule has 0 spiro atoms. The van der Waals surface area contributed by atoms with Gasteiger partial charge in [-0.05, 0) is 55.0 Å². The van der Waals surface area contributed by atoms with Crippen LogP contribution in [0.3, 0.4) is 0 Å². The molecule has 9 nitrogen and oxygen atoms in total. The van der Waals surface area contributed by atoms with Crippen LogP contribution in [0, 0.1) is 5.92 Å². The van der Waals surface area contributed by atoms with E-state index in [0.717, 1.165) is 36.3 Å². The Labute approximate surface area is 197 Å². The van der Waals surface area contributed by atoms with Gasteiger partial charge >= 0.3 is 5.97 Å². The van der Waals surface area contributed by atoms with Crippen LogP contribution >= 0.6 is 0 Å². The zero-order valence-corrected chi connectivity index (χ0v) is 18.9. The molecule has 0 unspecified atom stereocenters. The van der Waals surface area contributed by atoms with Crippen molar-refractivity contribution in [2.24, 2.45) is 5.92 Å². The van der Waals surface area contributed by atoms with Gasteiger partial charge in [-0.2, -0.15) is 9.67 Å². The van der Waals surface area contributed by atoms with E-state index >= 15 is 0 Å². The maximum atomic E-state index is 12.3. The molecule has 0 amide bonds. The van der Waals surface area contributed by atoms with Crippen molar-refractivity contribution in [1.82, 2.24) is 25.0 Å². The van der Waals surface area contributed by atoms with Gasteiger partial charge in [-0.3, -0.25) is 4.79 Å². The molecule has 1 N–H and O–H groups in total. The first-order chi connectivity index (χ1) is 16.7. The van der Waals surface area contributed by atoms with Crippen LogP contribution in [-0.2, 0) is 16.1 Å². The normalized spacial score (nSPS) is 17.6. The van der Waals surface area contributed by atoms with Crippen molar-refractivity contribution >= 4 is 23.1 Å². The molecule has 2 heterocycles. The highest BCUT2D eigenvalue weighted by molar-refractivity contribution is 5.72. The molecule has 1 aliphatic rings. The fraction of sp³-hybridized carbons (Fsp3) is 0.320. The molecular weight excluding hydrogens is 432 g/mol. The second kappa shape index (κ2) is 9.86. The fourth-order valence-corrected chi connectivity index (χ4v) is 4.30. The quantitative estimate of drug-likeness (QED) is 0.396. The van der Waals surface area contributed by atoms with Crippen molar-refractivity contribution < 1.29 is 14.3 Å². The third kappa shape index (κ3) is 4.98.